The highest BCUT2D eigenvalue weighted by Crippen LogP contribution is 2.67. The molecule has 0 radical (unpaired) electrons. The van der Waals surface area contributed by atoms with Gasteiger partial charge in [-0.25, -0.2) is 3.71 Å². The van der Waals surface area contributed by atoms with Crippen molar-refractivity contribution in [3.8, 4) is 0 Å². The Hall–Kier alpha value is 0.620. The fraction of sp³-hybridized carbons (Fsp3) is 1.00. The largest absolute Gasteiger partial charge is 0.396 e. The summed E-state index contributed by atoms with van der Waals surface area (Å²) in [5.41, 5.74) is 0. The lowest BCUT2D eigenvalue weighted by Crippen LogP contribution is -2.25. The molecule has 82 valence electrons. The quantitative estimate of drug-likeness (QED) is 0.789. The van der Waals surface area contributed by atoms with E-state index in [9.17, 15) is 0 Å². The second-order valence-electron chi connectivity index (χ2n) is 4.50. The molecule has 0 aromatic carbocycles. The van der Waals surface area contributed by atoms with Crippen LogP contribution in [0.5, 0.6) is 0 Å². The van der Waals surface area contributed by atoms with Crippen LogP contribution < -0.4 is 0 Å². The average Bonchev–Trinajstić information content (AvgIpc) is 2.20. The minimum absolute atomic E-state index is 0.335. The Morgan fingerprint density at radius 2 is 1.54 bits per heavy atom. The van der Waals surface area contributed by atoms with Gasteiger partial charge < -0.3 is 5.11 Å². The molecular weight excluding hydrogens is 202 g/mol. The van der Waals surface area contributed by atoms with Crippen molar-refractivity contribution in [3.05, 3.63) is 0 Å². The lowest BCUT2D eigenvalue weighted by Gasteiger charge is -2.46. The Morgan fingerprint density at radius 3 is 1.92 bits per heavy atom. The fourth-order valence-corrected chi connectivity index (χ4v) is 11.6. The zero-order chi connectivity index (χ0) is 10.1. The molecule has 2 nitrogen and oxygen atoms in total. The molecule has 1 heterocycles. The molecule has 0 saturated carbocycles. The van der Waals surface area contributed by atoms with Crippen LogP contribution in [-0.2, 0) is 0 Å². The fourth-order valence-electron chi connectivity index (χ4n) is 1.85. The van der Waals surface area contributed by atoms with Crippen LogP contribution in [0.25, 0.3) is 0 Å². The van der Waals surface area contributed by atoms with Crippen molar-refractivity contribution in [2.24, 2.45) is 0 Å². The van der Waals surface area contributed by atoms with Crippen LogP contribution in [0.1, 0.15) is 6.42 Å². The van der Waals surface area contributed by atoms with E-state index in [0.717, 1.165) is 13.0 Å². The Morgan fingerprint density at radius 1 is 1.08 bits per heavy atom. The maximum Gasteiger partial charge on any atom is 0.0443 e. The molecule has 1 aliphatic heterocycles. The van der Waals surface area contributed by atoms with E-state index in [-0.39, 0.29) is 0 Å². The van der Waals surface area contributed by atoms with Gasteiger partial charge in [0.2, 0.25) is 0 Å². The standard InChI is InChI=1S/C9H23NOS2/c1-12(2)8-9-13(3,4)10(12)6-5-7-11/h11H,5-9H2,1-4H3. The normalized spacial score (nSPS) is 31.5. The van der Waals surface area contributed by atoms with Crippen molar-refractivity contribution in [3.63, 3.8) is 0 Å². The SMILES string of the molecule is CS1(C)CCS(C)(C)N1CCCO. The number of rotatable bonds is 3. The van der Waals surface area contributed by atoms with E-state index >= 15 is 0 Å². The first kappa shape index (κ1) is 11.7. The maximum absolute atomic E-state index is 8.86. The predicted octanol–water partition coefficient (Wildman–Crippen LogP) is 1.64. The van der Waals surface area contributed by atoms with Gasteiger partial charge in [0.25, 0.3) is 0 Å². The van der Waals surface area contributed by atoms with Crippen LogP contribution in [0.4, 0.5) is 0 Å². The van der Waals surface area contributed by atoms with Crippen molar-refractivity contribution >= 4 is 20.4 Å². The van der Waals surface area contributed by atoms with Crippen molar-refractivity contribution in [2.75, 3.05) is 49.7 Å². The second kappa shape index (κ2) is 4.01. The molecule has 4 heteroatoms. The van der Waals surface area contributed by atoms with Gasteiger partial charge in [-0.1, -0.05) is 0 Å². The van der Waals surface area contributed by atoms with Crippen LogP contribution in [0.15, 0.2) is 0 Å². The van der Waals surface area contributed by atoms with Crippen molar-refractivity contribution in [2.45, 2.75) is 6.42 Å². The van der Waals surface area contributed by atoms with Crippen LogP contribution in [-0.4, -0.2) is 58.5 Å². The lowest BCUT2D eigenvalue weighted by molar-refractivity contribution is 0.284. The van der Waals surface area contributed by atoms with Gasteiger partial charge in [0.05, 0.1) is 0 Å². The van der Waals surface area contributed by atoms with Crippen LogP contribution >= 0.6 is 20.4 Å². The third-order valence-corrected chi connectivity index (χ3v) is 10.3. The summed E-state index contributed by atoms with van der Waals surface area (Å²) in [5, 5.41) is 8.86. The molecule has 13 heavy (non-hydrogen) atoms. The lowest BCUT2D eigenvalue weighted by atomic mass is 10.5. The minimum Gasteiger partial charge on any atom is -0.396 e. The second-order valence-corrected chi connectivity index (χ2v) is 12.4. The monoisotopic (exact) mass is 225 g/mol. The first-order valence-corrected chi connectivity index (χ1v) is 9.86. The molecule has 0 atom stereocenters. The number of aliphatic hydroxyl groups excluding tert-OH is 1. The van der Waals surface area contributed by atoms with E-state index < -0.39 is 20.4 Å². The molecule has 0 aliphatic carbocycles. The molecule has 1 saturated heterocycles. The van der Waals surface area contributed by atoms with E-state index in [4.69, 9.17) is 5.11 Å². The summed E-state index contributed by atoms with van der Waals surface area (Å²) in [6, 6.07) is 0. The van der Waals surface area contributed by atoms with E-state index in [1.165, 1.54) is 11.5 Å². The molecule has 0 spiro atoms. The predicted molar refractivity (Wildman–Crippen MR) is 67.0 cm³/mol. The Kier molecular flexibility index (Phi) is 3.60. The van der Waals surface area contributed by atoms with Gasteiger partial charge in [0.15, 0.2) is 0 Å². The molecule has 1 fully saturated rings. The molecule has 0 unspecified atom stereocenters. The van der Waals surface area contributed by atoms with Crippen LogP contribution in [0, 0.1) is 0 Å². The van der Waals surface area contributed by atoms with E-state index in [2.05, 4.69) is 28.7 Å². The van der Waals surface area contributed by atoms with Crippen LogP contribution in [0.3, 0.4) is 0 Å². The summed E-state index contributed by atoms with van der Waals surface area (Å²) >= 11 is 0. The molecule has 0 aromatic heterocycles. The van der Waals surface area contributed by atoms with Gasteiger partial charge in [-0.3, -0.25) is 0 Å². The first-order valence-electron chi connectivity index (χ1n) is 4.71. The number of hydrogen-bond donors (Lipinski definition) is 1. The van der Waals surface area contributed by atoms with E-state index in [1.54, 1.807) is 0 Å². The van der Waals surface area contributed by atoms with Crippen molar-refractivity contribution in [1.82, 2.24) is 3.71 Å². The first-order chi connectivity index (χ1) is 5.90. The third-order valence-electron chi connectivity index (χ3n) is 2.68. The molecule has 1 rings (SSSR count). The van der Waals surface area contributed by atoms with Crippen molar-refractivity contribution in [1.29, 1.82) is 0 Å². The number of hydrogen-bond acceptors (Lipinski definition) is 2. The van der Waals surface area contributed by atoms with Gasteiger partial charge in [-0.05, 0) is 42.9 Å². The maximum atomic E-state index is 8.86. The molecule has 0 bridgehead atoms. The Labute approximate surface area is 85.6 Å². The van der Waals surface area contributed by atoms with Gasteiger partial charge in [-0.2, -0.15) is 20.4 Å². The smallest absolute Gasteiger partial charge is 0.0443 e. The molecule has 0 aromatic rings. The summed E-state index contributed by atoms with van der Waals surface area (Å²) in [5.74, 6) is 2.78. The zero-order valence-electron chi connectivity index (χ0n) is 9.25. The average molecular weight is 225 g/mol. The number of nitrogens with zero attached hydrogens (tertiary/aromatic N) is 1. The molecule has 0 amide bonds. The van der Waals surface area contributed by atoms with Crippen LogP contribution in [0.2, 0.25) is 0 Å². The molecule has 1 N–H and O–H groups in total. The molecular formula is C9H23NOS2. The molecule has 1 aliphatic rings. The summed E-state index contributed by atoms with van der Waals surface area (Å²) in [6.07, 6.45) is 10.6. The van der Waals surface area contributed by atoms with Crippen molar-refractivity contribution < 1.29 is 5.11 Å². The summed E-state index contributed by atoms with van der Waals surface area (Å²) in [6.45, 7) is 1.43. The number of aliphatic hydroxyl groups is 1. The van der Waals surface area contributed by atoms with Gasteiger partial charge in [0.1, 0.15) is 0 Å². The summed E-state index contributed by atoms with van der Waals surface area (Å²) in [7, 11) is -1.02. The van der Waals surface area contributed by atoms with Gasteiger partial charge in [0, 0.05) is 13.2 Å². The van der Waals surface area contributed by atoms with E-state index in [0.29, 0.717) is 6.61 Å². The zero-order valence-corrected chi connectivity index (χ0v) is 10.9. The van der Waals surface area contributed by atoms with Gasteiger partial charge >= 0.3 is 0 Å². The highest BCUT2D eigenvalue weighted by molar-refractivity contribution is 8.47. The topological polar surface area (TPSA) is 23.5 Å². The summed E-state index contributed by atoms with van der Waals surface area (Å²) < 4.78 is 2.70. The highest BCUT2D eigenvalue weighted by atomic mass is 32.3. The summed E-state index contributed by atoms with van der Waals surface area (Å²) in [4.78, 5) is 0. The Balaban J connectivity index is 2.64. The van der Waals surface area contributed by atoms with E-state index in [1.807, 2.05) is 0 Å². The Bertz CT molecular complexity index is 166. The van der Waals surface area contributed by atoms with Gasteiger partial charge in [-0.15, -0.1) is 0 Å². The minimum atomic E-state index is -0.508. The highest BCUT2D eigenvalue weighted by Gasteiger charge is 2.37. The third kappa shape index (κ3) is 2.55.